The van der Waals surface area contributed by atoms with Crippen molar-refractivity contribution in [3.63, 3.8) is 0 Å². The van der Waals surface area contributed by atoms with E-state index in [1.165, 1.54) is 0 Å². The molecule has 0 saturated carbocycles. The monoisotopic (exact) mass is 327 g/mol. The Hall–Kier alpha value is -1.14. The first-order valence-electron chi connectivity index (χ1n) is 6.92. The third-order valence-corrected chi connectivity index (χ3v) is 6.24. The molecule has 0 spiro atoms. The smallest absolute Gasteiger partial charge is 0.160 e. The van der Waals surface area contributed by atoms with Gasteiger partial charge in [-0.1, -0.05) is 0 Å². The van der Waals surface area contributed by atoms with Crippen molar-refractivity contribution in [2.24, 2.45) is 0 Å². The molecule has 2 aromatic heterocycles. The van der Waals surface area contributed by atoms with Gasteiger partial charge in [-0.05, 0) is 38.8 Å². The van der Waals surface area contributed by atoms with Gasteiger partial charge in [0.25, 0.3) is 0 Å². The fourth-order valence-electron chi connectivity index (χ4n) is 3.08. The van der Waals surface area contributed by atoms with Crippen LogP contribution in [0.2, 0.25) is 0 Å². The largest absolute Gasteiger partial charge is 0.304 e. The molecule has 114 valence electrons. The highest BCUT2D eigenvalue weighted by molar-refractivity contribution is 7.91. The normalized spacial score (nSPS) is 26.3. The Labute approximate surface area is 129 Å². The molecule has 7 heteroatoms. The van der Waals surface area contributed by atoms with Gasteiger partial charge in [0, 0.05) is 6.20 Å². The fourth-order valence-corrected chi connectivity index (χ4v) is 5.34. The van der Waals surface area contributed by atoms with Gasteiger partial charge in [0.05, 0.1) is 22.4 Å². The lowest BCUT2D eigenvalue weighted by Crippen LogP contribution is -2.33. The lowest BCUT2D eigenvalue weighted by Gasteiger charge is -2.27. The lowest BCUT2D eigenvalue weighted by atomic mass is 10.0. The van der Waals surface area contributed by atoms with Crippen molar-refractivity contribution in [2.45, 2.75) is 38.1 Å². The summed E-state index contributed by atoms with van der Waals surface area (Å²) in [6.07, 6.45) is 2.29. The molecule has 2 unspecified atom stereocenters. The number of imidazole rings is 1. The molecule has 0 bridgehead atoms. The molecular formula is C14H18ClN3O2S. The second-order valence-corrected chi connectivity index (χ2v) is 8.90. The van der Waals surface area contributed by atoms with Gasteiger partial charge >= 0.3 is 0 Å². The van der Waals surface area contributed by atoms with Gasteiger partial charge in [0.15, 0.2) is 15.5 Å². The number of alkyl halides is 1. The highest BCUT2D eigenvalue weighted by Crippen LogP contribution is 2.37. The Morgan fingerprint density at radius 3 is 2.76 bits per heavy atom. The lowest BCUT2D eigenvalue weighted by molar-refractivity contribution is 0.361. The van der Waals surface area contributed by atoms with Crippen LogP contribution in [0.3, 0.4) is 0 Å². The van der Waals surface area contributed by atoms with Crippen LogP contribution in [-0.4, -0.2) is 34.5 Å². The van der Waals surface area contributed by atoms with Crippen LogP contribution in [0.4, 0.5) is 0 Å². The zero-order valence-corrected chi connectivity index (χ0v) is 13.9. The van der Waals surface area contributed by atoms with Crippen molar-refractivity contribution in [2.75, 3.05) is 11.5 Å². The summed E-state index contributed by atoms with van der Waals surface area (Å²) in [4.78, 5) is 9.05. The topological polar surface area (TPSA) is 64.8 Å². The Morgan fingerprint density at radius 2 is 2.19 bits per heavy atom. The molecule has 3 heterocycles. The molecule has 1 fully saturated rings. The Bertz CT molecular complexity index is 813. The maximum Gasteiger partial charge on any atom is 0.160 e. The average molecular weight is 328 g/mol. The van der Waals surface area contributed by atoms with Crippen molar-refractivity contribution in [3.05, 3.63) is 23.7 Å². The zero-order chi connectivity index (χ0) is 15.4. The third kappa shape index (κ3) is 2.34. The molecule has 0 amide bonds. The average Bonchev–Trinajstić information content (AvgIpc) is 2.89. The van der Waals surface area contributed by atoms with Crippen LogP contribution in [0.5, 0.6) is 0 Å². The number of rotatable bonds is 2. The van der Waals surface area contributed by atoms with Crippen LogP contribution >= 0.6 is 11.6 Å². The van der Waals surface area contributed by atoms with Crippen LogP contribution in [-0.2, 0) is 15.4 Å². The third-order valence-electron chi connectivity index (χ3n) is 4.15. The number of aryl methyl sites for hydroxylation is 1. The van der Waals surface area contributed by atoms with Gasteiger partial charge in [0.2, 0.25) is 0 Å². The molecule has 21 heavy (non-hydrogen) atoms. The molecule has 0 aromatic carbocycles. The van der Waals surface area contributed by atoms with Gasteiger partial charge in [-0.15, -0.1) is 11.6 Å². The Morgan fingerprint density at radius 1 is 1.48 bits per heavy atom. The second kappa shape index (κ2) is 4.68. The fraction of sp³-hybridized carbons (Fsp3) is 0.571. The van der Waals surface area contributed by atoms with Gasteiger partial charge in [-0.3, -0.25) is 0 Å². The van der Waals surface area contributed by atoms with E-state index in [2.05, 4.69) is 9.97 Å². The minimum atomic E-state index is -3.02. The summed E-state index contributed by atoms with van der Waals surface area (Å²) in [7, 11) is -3.02. The predicted octanol–water partition coefficient (Wildman–Crippen LogP) is 2.57. The maximum absolute atomic E-state index is 11.9. The number of halogens is 1. The minimum absolute atomic E-state index is 0.109. The van der Waals surface area contributed by atoms with Gasteiger partial charge in [0.1, 0.15) is 11.3 Å². The number of hydrogen-bond acceptors (Lipinski definition) is 4. The molecule has 3 rings (SSSR count). The molecular weight excluding hydrogens is 310 g/mol. The number of fused-ring (bicyclic) bond motifs is 1. The Kier molecular flexibility index (Phi) is 3.29. The van der Waals surface area contributed by atoms with Crippen LogP contribution in [0.15, 0.2) is 12.3 Å². The summed E-state index contributed by atoms with van der Waals surface area (Å²) >= 11 is 6.28. The quantitative estimate of drug-likeness (QED) is 0.795. The number of sulfone groups is 1. The van der Waals surface area contributed by atoms with E-state index in [9.17, 15) is 8.42 Å². The first-order chi connectivity index (χ1) is 9.73. The van der Waals surface area contributed by atoms with Crippen LogP contribution in [0.25, 0.3) is 11.2 Å². The van der Waals surface area contributed by atoms with E-state index in [1.54, 1.807) is 6.20 Å². The van der Waals surface area contributed by atoms with Crippen LogP contribution in [0, 0.1) is 6.92 Å². The summed E-state index contributed by atoms with van der Waals surface area (Å²) in [6, 6.07) is 1.90. The highest BCUT2D eigenvalue weighted by atomic mass is 35.5. The standard InChI is InChI=1S/C14H18ClN3O2S/c1-9-4-6-16-13-11(9)17-12(10(2)15)18(13)14(3)5-7-21(19,20)8-14/h4,6,10H,5,7-8H2,1-3H3. The number of pyridine rings is 1. The molecule has 1 saturated heterocycles. The molecule has 2 atom stereocenters. The van der Waals surface area contributed by atoms with Crippen molar-refractivity contribution in [3.8, 4) is 0 Å². The summed E-state index contributed by atoms with van der Waals surface area (Å²) in [6.45, 7) is 5.77. The van der Waals surface area contributed by atoms with Crippen LogP contribution < -0.4 is 0 Å². The van der Waals surface area contributed by atoms with E-state index in [-0.39, 0.29) is 16.9 Å². The van der Waals surface area contributed by atoms with E-state index in [4.69, 9.17) is 11.6 Å². The summed E-state index contributed by atoms with van der Waals surface area (Å²) in [5, 5.41) is -0.307. The first-order valence-corrected chi connectivity index (χ1v) is 9.18. The van der Waals surface area contributed by atoms with Crippen molar-refractivity contribution >= 4 is 32.6 Å². The van der Waals surface area contributed by atoms with E-state index < -0.39 is 15.4 Å². The number of nitrogens with zero attached hydrogens (tertiary/aromatic N) is 3. The second-order valence-electron chi connectivity index (χ2n) is 6.06. The predicted molar refractivity (Wildman–Crippen MR) is 83.5 cm³/mol. The molecule has 0 aliphatic carbocycles. The van der Waals surface area contributed by atoms with Gasteiger partial charge < -0.3 is 4.57 Å². The summed E-state index contributed by atoms with van der Waals surface area (Å²) < 4.78 is 25.8. The maximum atomic E-state index is 11.9. The van der Waals surface area contributed by atoms with Crippen molar-refractivity contribution < 1.29 is 8.42 Å². The molecule has 0 radical (unpaired) electrons. The van der Waals surface area contributed by atoms with Crippen molar-refractivity contribution in [1.29, 1.82) is 0 Å². The highest BCUT2D eigenvalue weighted by Gasteiger charge is 2.42. The number of hydrogen-bond donors (Lipinski definition) is 0. The zero-order valence-electron chi connectivity index (χ0n) is 12.3. The van der Waals surface area contributed by atoms with E-state index in [0.717, 1.165) is 16.7 Å². The SMILES string of the molecule is Cc1ccnc2c1nc(C(C)Cl)n2C1(C)CCS(=O)(=O)C1. The molecule has 1 aliphatic rings. The van der Waals surface area contributed by atoms with Crippen molar-refractivity contribution in [1.82, 2.24) is 14.5 Å². The van der Waals surface area contributed by atoms with Crippen LogP contribution in [0.1, 0.15) is 37.0 Å². The molecule has 1 aliphatic heterocycles. The Balaban J connectivity index is 2.31. The van der Waals surface area contributed by atoms with E-state index >= 15 is 0 Å². The molecule has 2 aromatic rings. The molecule has 0 N–H and O–H groups in total. The molecule has 5 nitrogen and oxygen atoms in total. The summed E-state index contributed by atoms with van der Waals surface area (Å²) in [5.41, 5.74) is 2.00. The van der Waals surface area contributed by atoms with E-state index in [1.807, 2.05) is 31.4 Å². The van der Waals surface area contributed by atoms with Gasteiger partial charge in [-0.2, -0.15) is 0 Å². The minimum Gasteiger partial charge on any atom is -0.304 e. The summed E-state index contributed by atoms with van der Waals surface area (Å²) in [5.74, 6) is 0.996. The first kappa shape index (κ1) is 14.8. The number of aromatic nitrogens is 3. The van der Waals surface area contributed by atoms with Gasteiger partial charge in [-0.25, -0.2) is 18.4 Å². The van der Waals surface area contributed by atoms with E-state index in [0.29, 0.717) is 12.2 Å².